The second-order valence-corrected chi connectivity index (χ2v) is 9.58. The van der Waals surface area contributed by atoms with Gasteiger partial charge in [0.2, 0.25) is 0 Å². The SMILES string of the molecule is C=CCn1c(SCC(=O)/C=C2\N(C)c3ccccc3C2(C)C)nnc1-c1ccc(Cl)cc1. The van der Waals surface area contributed by atoms with Crippen LogP contribution in [0.15, 0.2) is 78.1 Å². The summed E-state index contributed by atoms with van der Waals surface area (Å²) in [5.41, 5.74) is 4.06. The number of aromatic nitrogens is 3. The van der Waals surface area contributed by atoms with Crippen molar-refractivity contribution in [3.8, 4) is 11.4 Å². The third-order valence-electron chi connectivity index (χ3n) is 5.71. The summed E-state index contributed by atoms with van der Waals surface area (Å²) in [6.45, 7) is 8.70. The number of thioether (sulfide) groups is 1. The van der Waals surface area contributed by atoms with E-state index in [0.29, 0.717) is 16.7 Å². The molecule has 32 heavy (non-hydrogen) atoms. The molecule has 0 saturated heterocycles. The van der Waals surface area contributed by atoms with Crippen molar-refractivity contribution < 1.29 is 4.79 Å². The Labute approximate surface area is 197 Å². The zero-order valence-electron chi connectivity index (χ0n) is 18.4. The molecule has 4 rings (SSSR count). The summed E-state index contributed by atoms with van der Waals surface area (Å²) < 4.78 is 1.96. The number of halogens is 1. The Hall–Kier alpha value is -2.83. The monoisotopic (exact) mass is 464 g/mol. The van der Waals surface area contributed by atoms with Gasteiger partial charge in [-0.1, -0.05) is 61.5 Å². The van der Waals surface area contributed by atoms with E-state index in [1.807, 2.05) is 48.0 Å². The van der Waals surface area contributed by atoms with Crippen LogP contribution in [0, 0.1) is 0 Å². The number of allylic oxidation sites excluding steroid dienone is 3. The minimum absolute atomic E-state index is 0.0407. The number of ketones is 1. The van der Waals surface area contributed by atoms with Crippen LogP contribution >= 0.6 is 23.4 Å². The van der Waals surface area contributed by atoms with Gasteiger partial charge in [0.25, 0.3) is 0 Å². The third kappa shape index (κ3) is 4.12. The van der Waals surface area contributed by atoms with Crippen molar-refractivity contribution in [1.29, 1.82) is 0 Å². The van der Waals surface area contributed by atoms with Crippen molar-refractivity contribution in [1.82, 2.24) is 14.8 Å². The number of rotatable bonds is 7. The zero-order chi connectivity index (χ0) is 22.9. The van der Waals surface area contributed by atoms with Crippen LogP contribution in [0.2, 0.25) is 5.02 Å². The fourth-order valence-corrected chi connectivity index (χ4v) is 4.99. The number of carbonyl (C=O) groups excluding carboxylic acids is 1. The van der Waals surface area contributed by atoms with Crippen molar-refractivity contribution in [2.45, 2.75) is 31.0 Å². The van der Waals surface area contributed by atoms with E-state index in [0.717, 1.165) is 22.8 Å². The fourth-order valence-electron chi connectivity index (χ4n) is 4.09. The van der Waals surface area contributed by atoms with E-state index >= 15 is 0 Å². The number of benzene rings is 2. The number of hydrogen-bond acceptors (Lipinski definition) is 5. The van der Waals surface area contributed by atoms with Crippen LogP contribution in [-0.4, -0.2) is 33.3 Å². The van der Waals surface area contributed by atoms with Gasteiger partial charge < -0.3 is 4.90 Å². The molecule has 0 N–H and O–H groups in total. The molecular formula is C25H25ClN4OS. The number of anilines is 1. The molecule has 0 amide bonds. The van der Waals surface area contributed by atoms with Gasteiger partial charge in [0, 0.05) is 47.1 Å². The Kier molecular flexibility index (Phi) is 6.26. The van der Waals surface area contributed by atoms with Gasteiger partial charge in [-0.25, -0.2) is 0 Å². The largest absolute Gasteiger partial charge is 0.347 e. The summed E-state index contributed by atoms with van der Waals surface area (Å²) in [4.78, 5) is 15.0. The van der Waals surface area contributed by atoms with Crippen LogP contribution in [0.25, 0.3) is 11.4 Å². The van der Waals surface area contributed by atoms with Gasteiger partial charge >= 0.3 is 0 Å². The maximum atomic E-state index is 12.9. The molecule has 0 aliphatic carbocycles. The van der Waals surface area contributed by atoms with Crippen molar-refractivity contribution >= 4 is 34.8 Å². The average molecular weight is 465 g/mol. The number of nitrogens with zero attached hydrogens (tertiary/aromatic N) is 4. The summed E-state index contributed by atoms with van der Waals surface area (Å²) in [5, 5.41) is 10.0. The topological polar surface area (TPSA) is 51.0 Å². The Morgan fingerprint density at radius 2 is 1.88 bits per heavy atom. The summed E-state index contributed by atoms with van der Waals surface area (Å²) in [6, 6.07) is 15.7. The van der Waals surface area contributed by atoms with E-state index in [2.05, 4.69) is 47.7 Å². The highest BCUT2D eigenvalue weighted by Crippen LogP contribution is 2.46. The van der Waals surface area contributed by atoms with Gasteiger partial charge in [0.15, 0.2) is 16.8 Å². The molecule has 7 heteroatoms. The van der Waals surface area contributed by atoms with Gasteiger partial charge in [0.1, 0.15) is 0 Å². The third-order valence-corrected chi connectivity index (χ3v) is 6.95. The Balaban J connectivity index is 1.54. The quantitative estimate of drug-likeness (QED) is 0.253. The molecule has 1 aromatic heterocycles. The maximum Gasteiger partial charge on any atom is 0.192 e. The standard InChI is InChI=1S/C25H25ClN4OS/c1-5-14-30-23(17-10-12-18(26)13-11-17)27-28-24(30)32-16-19(31)15-22-25(2,3)20-8-6-7-9-21(20)29(22)4/h5-13,15H,1,14,16H2,2-4H3/b22-15-. The molecule has 1 aliphatic rings. The molecule has 0 bridgehead atoms. The van der Waals surface area contributed by atoms with E-state index < -0.39 is 0 Å². The minimum Gasteiger partial charge on any atom is -0.347 e. The van der Waals surface area contributed by atoms with Gasteiger partial charge in [-0.15, -0.1) is 16.8 Å². The number of fused-ring (bicyclic) bond motifs is 1. The zero-order valence-corrected chi connectivity index (χ0v) is 20.0. The summed E-state index contributed by atoms with van der Waals surface area (Å²) in [7, 11) is 2.01. The molecule has 0 radical (unpaired) electrons. The lowest BCUT2D eigenvalue weighted by atomic mass is 9.83. The molecule has 0 fully saturated rings. The predicted molar refractivity (Wildman–Crippen MR) is 132 cm³/mol. The van der Waals surface area contributed by atoms with Crippen molar-refractivity contribution in [2.75, 3.05) is 17.7 Å². The molecule has 164 valence electrons. The molecule has 1 aliphatic heterocycles. The van der Waals surface area contributed by atoms with Crippen molar-refractivity contribution in [3.63, 3.8) is 0 Å². The van der Waals surface area contributed by atoms with Crippen LogP contribution in [0.5, 0.6) is 0 Å². The molecule has 0 saturated carbocycles. The highest BCUT2D eigenvalue weighted by molar-refractivity contribution is 7.99. The van der Waals surface area contributed by atoms with Crippen LogP contribution < -0.4 is 4.90 Å². The molecule has 0 unspecified atom stereocenters. The fraction of sp³-hybridized carbons (Fsp3) is 0.240. The molecule has 2 aromatic carbocycles. The lowest BCUT2D eigenvalue weighted by Gasteiger charge is -2.23. The van der Waals surface area contributed by atoms with E-state index in [1.54, 1.807) is 12.2 Å². The van der Waals surface area contributed by atoms with E-state index in [4.69, 9.17) is 11.6 Å². The van der Waals surface area contributed by atoms with Crippen LogP contribution in [0.4, 0.5) is 5.69 Å². The van der Waals surface area contributed by atoms with E-state index in [9.17, 15) is 4.79 Å². The molecule has 0 spiro atoms. The maximum absolute atomic E-state index is 12.9. The molecule has 3 aromatic rings. The summed E-state index contributed by atoms with van der Waals surface area (Å²) in [5.74, 6) is 1.04. The Bertz CT molecular complexity index is 1200. The van der Waals surface area contributed by atoms with Crippen LogP contribution in [-0.2, 0) is 16.8 Å². The highest BCUT2D eigenvalue weighted by atomic mass is 35.5. The number of hydrogen-bond donors (Lipinski definition) is 0. The second kappa shape index (κ2) is 8.96. The smallest absolute Gasteiger partial charge is 0.192 e. The van der Waals surface area contributed by atoms with Gasteiger partial charge in [-0.3, -0.25) is 9.36 Å². The normalized spacial score (nSPS) is 15.8. The van der Waals surface area contributed by atoms with Crippen LogP contribution in [0.3, 0.4) is 0 Å². The lowest BCUT2D eigenvalue weighted by Crippen LogP contribution is -2.24. The van der Waals surface area contributed by atoms with Crippen molar-refractivity contribution in [2.24, 2.45) is 0 Å². The van der Waals surface area contributed by atoms with E-state index in [1.165, 1.54) is 17.3 Å². The molecule has 5 nitrogen and oxygen atoms in total. The summed E-state index contributed by atoms with van der Waals surface area (Å²) in [6.07, 6.45) is 3.56. The highest BCUT2D eigenvalue weighted by Gasteiger charge is 2.38. The first-order valence-electron chi connectivity index (χ1n) is 10.3. The lowest BCUT2D eigenvalue weighted by molar-refractivity contribution is -0.112. The van der Waals surface area contributed by atoms with Gasteiger partial charge in [0.05, 0.1) is 5.75 Å². The molecular weight excluding hydrogens is 440 g/mol. The minimum atomic E-state index is -0.226. The number of likely N-dealkylation sites (N-methyl/N-ethyl adjacent to an activating group) is 1. The summed E-state index contributed by atoms with van der Waals surface area (Å²) >= 11 is 7.40. The molecule has 2 heterocycles. The van der Waals surface area contributed by atoms with Crippen LogP contribution in [0.1, 0.15) is 19.4 Å². The van der Waals surface area contributed by atoms with Crippen molar-refractivity contribution in [3.05, 3.63) is 83.5 Å². The number of carbonyl (C=O) groups is 1. The Morgan fingerprint density at radius 1 is 1.16 bits per heavy atom. The first-order valence-corrected chi connectivity index (χ1v) is 11.7. The Morgan fingerprint density at radius 3 is 2.56 bits per heavy atom. The average Bonchev–Trinajstić information content (AvgIpc) is 3.26. The first-order chi connectivity index (χ1) is 15.3. The predicted octanol–water partition coefficient (Wildman–Crippen LogP) is 5.76. The van der Waals surface area contributed by atoms with E-state index in [-0.39, 0.29) is 17.0 Å². The van der Waals surface area contributed by atoms with Gasteiger partial charge in [-0.05, 0) is 35.9 Å². The second-order valence-electron chi connectivity index (χ2n) is 8.20. The first kappa shape index (κ1) is 22.4. The number of para-hydroxylation sites is 1. The molecule has 0 atom stereocenters. The van der Waals surface area contributed by atoms with Gasteiger partial charge in [-0.2, -0.15) is 0 Å².